The molecule has 3 heteroatoms. The molecule has 0 aromatic heterocycles. The highest BCUT2D eigenvalue weighted by atomic mass is 19.3. The van der Waals surface area contributed by atoms with E-state index in [1.807, 2.05) is 20.8 Å². The Morgan fingerprint density at radius 3 is 2.15 bits per heavy atom. The molecule has 76 valence electrons. The minimum absolute atomic E-state index is 0.111. The molecule has 1 nitrogen and oxygen atoms in total. The molecule has 0 aliphatic rings. The minimum Gasteiger partial charge on any atom is -0.311 e. The third-order valence-electron chi connectivity index (χ3n) is 1.46. The molecule has 13 heavy (non-hydrogen) atoms. The van der Waals surface area contributed by atoms with Gasteiger partial charge in [0.25, 0.3) is 6.43 Å². The van der Waals surface area contributed by atoms with Crippen molar-refractivity contribution in [1.82, 2.24) is 5.32 Å². The van der Waals surface area contributed by atoms with Crippen LogP contribution < -0.4 is 5.32 Å². The fourth-order valence-corrected chi connectivity index (χ4v) is 0.743. The number of nitrogens with one attached hydrogen (secondary N) is 1. The minimum atomic E-state index is -2.35. The summed E-state index contributed by atoms with van der Waals surface area (Å²) in [5, 5.41) is 2.54. The molecule has 0 aromatic rings. The summed E-state index contributed by atoms with van der Waals surface area (Å²) in [4.78, 5) is 0. The van der Waals surface area contributed by atoms with Gasteiger partial charge in [-0.15, -0.1) is 5.92 Å². The van der Waals surface area contributed by atoms with Crippen molar-refractivity contribution < 1.29 is 8.78 Å². The highest BCUT2D eigenvalue weighted by molar-refractivity contribution is 5.08. The molecular formula is C10H17F2N. The number of alkyl halides is 2. The van der Waals surface area contributed by atoms with E-state index in [2.05, 4.69) is 17.2 Å². The molecule has 0 aliphatic heterocycles. The third kappa shape index (κ3) is 6.53. The molecule has 0 radical (unpaired) electrons. The molecule has 0 saturated carbocycles. The Morgan fingerprint density at radius 1 is 1.31 bits per heavy atom. The number of halogens is 2. The maximum absolute atomic E-state index is 12.2. The van der Waals surface area contributed by atoms with Gasteiger partial charge in [-0.05, 0) is 27.8 Å². The van der Waals surface area contributed by atoms with Crippen LogP contribution in [-0.4, -0.2) is 19.5 Å². The highest BCUT2D eigenvalue weighted by Gasteiger charge is 2.16. The molecule has 1 unspecified atom stereocenters. The van der Waals surface area contributed by atoms with Crippen molar-refractivity contribution >= 4 is 0 Å². The van der Waals surface area contributed by atoms with Gasteiger partial charge in [0.15, 0.2) is 0 Å². The van der Waals surface area contributed by atoms with Crippen molar-refractivity contribution in [3.63, 3.8) is 0 Å². The van der Waals surface area contributed by atoms with Gasteiger partial charge < -0.3 is 5.32 Å². The first-order chi connectivity index (χ1) is 5.87. The van der Waals surface area contributed by atoms with Crippen molar-refractivity contribution in [2.45, 2.75) is 39.7 Å². The molecule has 0 rings (SSSR count). The molecule has 0 amide bonds. The quantitative estimate of drug-likeness (QED) is 0.672. The second-order valence-electron chi connectivity index (χ2n) is 3.99. The molecule has 0 spiro atoms. The molecule has 1 atom stereocenters. The van der Waals surface area contributed by atoms with Crippen LogP contribution in [0.4, 0.5) is 8.78 Å². The fraction of sp³-hybridized carbons (Fsp3) is 0.800. The molecule has 0 heterocycles. The zero-order valence-electron chi connectivity index (χ0n) is 8.62. The lowest BCUT2D eigenvalue weighted by molar-refractivity contribution is 0.104. The van der Waals surface area contributed by atoms with E-state index in [1.54, 1.807) is 0 Å². The van der Waals surface area contributed by atoms with Gasteiger partial charge in [0.05, 0.1) is 6.04 Å². The summed E-state index contributed by atoms with van der Waals surface area (Å²) in [6.45, 7) is 5.87. The Bertz CT molecular complexity index is 195. The number of rotatable bonds is 3. The smallest absolute Gasteiger partial charge is 0.254 e. The van der Waals surface area contributed by atoms with Gasteiger partial charge >= 0.3 is 0 Å². The molecule has 0 bridgehead atoms. The first kappa shape index (κ1) is 12.4. The molecule has 0 fully saturated rings. The summed E-state index contributed by atoms with van der Waals surface area (Å²) >= 11 is 0. The van der Waals surface area contributed by atoms with E-state index in [0.29, 0.717) is 0 Å². The maximum atomic E-state index is 12.2. The average Bonchev–Trinajstić information content (AvgIpc) is 1.95. The predicted molar refractivity (Wildman–Crippen MR) is 50.7 cm³/mol. The summed E-state index contributed by atoms with van der Waals surface area (Å²) in [6, 6.07) is -0.810. The molecular weight excluding hydrogens is 172 g/mol. The summed E-state index contributed by atoms with van der Waals surface area (Å²) < 4.78 is 24.4. The molecule has 0 saturated heterocycles. The first-order valence-electron chi connectivity index (χ1n) is 4.32. The lowest BCUT2D eigenvalue weighted by Gasteiger charge is -2.12. The Morgan fingerprint density at radius 2 is 1.85 bits per heavy atom. The van der Waals surface area contributed by atoms with Gasteiger partial charge in [-0.2, -0.15) is 0 Å². The zero-order valence-corrected chi connectivity index (χ0v) is 8.62. The molecule has 0 aliphatic carbocycles. The Kier molecular flexibility index (Phi) is 4.94. The van der Waals surface area contributed by atoms with Crippen molar-refractivity contribution in [1.29, 1.82) is 0 Å². The van der Waals surface area contributed by atoms with Gasteiger partial charge in [0, 0.05) is 11.8 Å². The number of hydrogen-bond acceptors (Lipinski definition) is 1. The summed E-state index contributed by atoms with van der Waals surface area (Å²) in [5.74, 6) is 5.68. The van der Waals surface area contributed by atoms with Gasteiger partial charge in [0.1, 0.15) is 0 Å². The van der Waals surface area contributed by atoms with E-state index in [4.69, 9.17) is 0 Å². The second-order valence-corrected chi connectivity index (χ2v) is 3.99. The summed E-state index contributed by atoms with van der Waals surface area (Å²) in [7, 11) is 1.52. The Labute approximate surface area is 78.9 Å². The topological polar surface area (TPSA) is 12.0 Å². The van der Waals surface area contributed by atoms with E-state index in [-0.39, 0.29) is 11.8 Å². The summed E-state index contributed by atoms with van der Waals surface area (Å²) in [5.41, 5.74) is -0.111. The van der Waals surface area contributed by atoms with Crippen molar-refractivity contribution in [3.05, 3.63) is 0 Å². The van der Waals surface area contributed by atoms with E-state index in [9.17, 15) is 8.78 Å². The molecule has 1 N–H and O–H groups in total. The zero-order chi connectivity index (χ0) is 10.5. The van der Waals surface area contributed by atoms with Crippen LogP contribution in [0.3, 0.4) is 0 Å². The van der Waals surface area contributed by atoms with Crippen LogP contribution in [0.2, 0.25) is 0 Å². The first-order valence-corrected chi connectivity index (χ1v) is 4.32. The third-order valence-corrected chi connectivity index (χ3v) is 1.46. The average molecular weight is 189 g/mol. The van der Waals surface area contributed by atoms with Crippen LogP contribution in [0.1, 0.15) is 27.2 Å². The van der Waals surface area contributed by atoms with Gasteiger partial charge in [0.2, 0.25) is 0 Å². The van der Waals surface area contributed by atoms with Gasteiger partial charge in [-0.25, -0.2) is 8.78 Å². The van der Waals surface area contributed by atoms with Crippen molar-refractivity contribution in [2.75, 3.05) is 7.05 Å². The van der Waals surface area contributed by atoms with E-state index in [0.717, 1.165) is 0 Å². The summed E-state index contributed by atoms with van der Waals surface area (Å²) in [6.07, 6.45) is -2.15. The highest BCUT2D eigenvalue weighted by Crippen LogP contribution is 2.11. The predicted octanol–water partition coefficient (Wildman–Crippen LogP) is 2.28. The monoisotopic (exact) mass is 189 g/mol. The van der Waals surface area contributed by atoms with Crippen LogP contribution in [0.25, 0.3) is 0 Å². The SMILES string of the molecule is CNC(CC#CC(C)(C)C)C(F)F. The second kappa shape index (κ2) is 5.18. The lowest BCUT2D eigenvalue weighted by Crippen LogP contribution is -2.32. The van der Waals surface area contributed by atoms with Crippen molar-refractivity contribution in [2.24, 2.45) is 5.41 Å². The normalized spacial score (nSPS) is 13.8. The fourth-order valence-electron chi connectivity index (χ4n) is 0.743. The molecule has 0 aromatic carbocycles. The van der Waals surface area contributed by atoms with E-state index in [1.165, 1.54) is 7.05 Å². The standard InChI is InChI=1S/C10H17F2N/c1-10(2,3)7-5-6-8(13-4)9(11)12/h8-9,13H,6H2,1-4H3. The van der Waals surface area contributed by atoms with E-state index >= 15 is 0 Å². The van der Waals surface area contributed by atoms with Crippen molar-refractivity contribution in [3.8, 4) is 11.8 Å². The van der Waals surface area contributed by atoms with Crippen LogP contribution in [0.5, 0.6) is 0 Å². The van der Waals surface area contributed by atoms with Crippen LogP contribution >= 0.6 is 0 Å². The van der Waals surface area contributed by atoms with E-state index < -0.39 is 12.5 Å². The number of hydrogen-bond donors (Lipinski definition) is 1. The van der Waals surface area contributed by atoms with Gasteiger partial charge in [-0.1, -0.05) is 5.92 Å². The Hall–Kier alpha value is -0.620. The lowest BCUT2D eigenvalue weighted by atomic mass is 9.97. The largest absolute Gasteiger partial charge is 0.311 e. The Balaban J connectivity index is 4.03. The van der Waals surface area contributed by atoms with Crippen LogP contribution in [0, 0.1) is 17.3 Å². The van der Waals surface area contributed by atoms with Crippen LogP contribution in [0.15, 0.2) is 0 Å². The maximum Gasteiger partial charge on any atom is 0.254 e. The van der Waals surface area contributed by atoms with Crippen LogP contribution in [-0.2, 0) is 0 Å². The van der Waals surface area contributed by atoms with Gasteiger partial charge in [-0.3, -0.25) is 0 Å².